The van der Waals surface area contributed by atoms with Crippen LogP contribution in [0.2, 0.25) is 0 Å². The molecule has 0 bridgehead atoms. The summed E-state index contributed by atoms with van der Waals surface area (Å²) in [4.78, 5) is 6.48. The van der Waals surface area contributed by atoms with E-state index in [0.29, 0.717) is 6.61 Å². The lowest BCUT2D eigenvalue weighted by molar-refractivity contribution is -0.138. The molecule has 6 heteroatoms. The summed E-state index contributed by atoms with van der Waals surface area (Å²) >= 11 is 0. The molecule has 0 N–H and O–H groups in total. The first kappa shape index (κ1) is 19.8. The van der Waals surface area contributed by atoms with Gasteiger partial charge in [0.05, 0.1) is 6.61 Å². The summed E-state index contributed by atoms with van der Waals surface area (Å²) in [6.07, 6.45) is -0.472. The van der Waals surface area contributed by atoms with Crippen molar-refractivity contribution in [2.45, 2.75) is 43.7 Å². The van der Waals surface area contributed by atoms with Crippen LogP contribution < -0.4 is 9.80 Å². The molecule has 0 unspecified atom stereocenters. The highest BCUT2D eigenvalue weighted by molar-refractivity contribution is 5.48. The molecule has 0 aromatic heterocycles. The summed E-state index contributed by atoms with van der Waals surface area (Å²) in [5.41, 5.74) is 3.47. The fourth-order valence-corrected chi connectivity index (χ4v) is 5.00. The van der Waals surface area contributed by atoms with Crippen LogP contribution in [0.5, 0.6) is 0 Å². The Morgan fingerprint density at radius 2 is 1.20 bits per heavy atom. The van der Waals surface area contributed by atoms with Gasteiger partial charge in [-0.2, -0.15) is 0 Å². The highest BCUT2D eigenvalue weighted by Crippen LogP contribution is 2.55. The van der Waals surface area contributed by atoms with Crippen molar-refractivity contribution in [3.8, 4) is 0 Å². The summed E-state index contributed by atoms with van der Waals surface area (Å²) < 4.78 is 19.5. The Balaban J connectivity index is 1.49. The third kappa shape index (κ3) is 2.71. The van der Waals surface area contributed by atoms with E-state index in [1.165, 1.54) is 11.4 Å². The van der Waals surface area contributed by atoms with E-state index in [-0.39, 0.29) is 18.7 Å². The molecule has 160 valence electrons. The van der Waals surface area contributed by atoms with Crippen LogP contribution in [-0.2, 0) is 25.4 Å². The van der Waals surface area contributed by atoms with Gasteiger partial charge in [0.25, 0.3) is 0 Å². The van der Waals surface area contributed by atoms with E-state index in [1.807, 2.05) is 28.2 Å². The number of benzene rings is 2. The molecule has 0 radical (unpaired) electrons. The zero-order valence-corrected chi connectivity index (χ0v) is 18.6. The Labute approximate surface area is 178 Å². The molecule has 0 spiro atoms. The third-order valence-corrected chi connectivity index (χ3v) is 6.86. The zero-order chi connectivity index (χ0) is 21.3. The molecule has 0 saturated carbocycles. The van der Waals surface area contributed by atoms with E-state index in [4.69, 9.17) is 14.2 Å². The number of hydrogen-bond donors (Lipinski definition) is 0. The van der Waals surface area contributed by atoms with Gasteiger partial charge in [0, 0.05) is 39.6 Å². The maximum Gasteiger partial charge on any atom is 0.149 e. The molecule has 0 aliphatic carbocycles. The van der Waals surface area contributed by atoms with Crippen LogP contribution in [0.1, 0.15) is 25.0 Å². The fraction of sp³-hybridized carbons (Fsp3) is 0.500. The summed E-state index contributed by atoms with van der Waals surface area (Å²) in [5.74, 6) is 0. The minimum atomic E-state index is -0.557. The van der Waals surface area contributed by atoms with Gasteiger partial charge in [-0.1, -0.05) is 24.3 Å². The van der Waals surface area contributed by atoms with Gasteiger partial charge in [-0.05, 0) is 49.2 Å². The van der Waals surface area contributed by atoms with Crippen LogP contribution in [0.3, 0.4) is 0 Å². The zero-order valence-electron chi connectivity index (χ0n) is 18.6. The number of ether oxygens (including phenoxy) is 3. The highest BCUT2D eigenvalue weighted by atomic mass is 16.7. The maximum atomic E-state index is 6.79. The quantitative estimate of drug-likeness (QED) is 0.771. The van der Waals surface area contributed by atoms with Crippen LogP contribution in [0.15, 0.2) is 48.5 Å². The monoisotopic (exact) mass is 409 g/mol. The van der Waals surface area contributed by atoms with Gasteiger partial charge in [0.2, 0.25) is 0 Å². The van der Waals surface area contributed by atoms with Crippen LogP contribution in [0, 0.1) is 0 Å². The molecule has 3 fully saturated rings. The molecule has 6 nitrogen and oxygen atoms in total. The number of nitrogens with zero attached hydrogens (tertiary/aromatic N) is 3. The normalized spacial score (nSPS) is 34.9. The first-order valence-corrected chi connectivity index (χ1v) is 10.5. The third-order valence-electron chi connectivity index (χ3n) is 6.86. The predicted octanol–water partition coefficient (Wildman–Crippen LogP) is 3.32. The molecule has 3 aliphatic heterocycles. The molecule has 3 saturated heterocycles. The van der Waals surface area contributed by atoms with Gasteiger partial charge in [0.1, 0.15) is 29.9 Å². The van der Waals surface area contributed by atoms with Crippen LogP contribution in [0.4, 0.5) is 11.4 Å². The van der Waals surface area contributed by atoms with Crippen molar-refractivity contribution < 1.29 is 14.2 Å². The van der Waals surface area contributed by atoms with Gasteiger partial charge in [-0.25, -0.2) is 4.90 Å². The molecule has 0 amide bonds. The van der Waals surface area contributed by atoms with E-state index in [2.05, 4.69) is 77.1 Å². The van der Waals surface area contributed by atoms with E-state index in [9.17, 15) is 0 Å². The minimum Gasteiger partial charge on any atom is -0.378 e. The molecular formula is C24H31N3O3. The molecule has 30 heavy (non-hydrogen) atoms. The number of rotatable bonds is 4. The Morgan fingerprint density at radius 3 is 1.67 bits per heavy atom. The van der Waals surface area contributed by atoms with Crippen LogP contribution >= 0.6 is 0 Å². The van der Waals surface area contributed by atoms with Gasteiger partial charge in [-0.3, -0.25) is 0 Å². The predicted molar refractivity (Wildman–Crippen MR) is 118 cm³/mol. The second kappa shape index (κ2) is 6.69. The van der Waals surface area contributed by atoms with Gasteiger partial charge in [0.15, 0.2) is 0 Å². The molecule has 2 aromatic carbocycles. The van der Waals surface area contributed by atoms with Gasteiger partial charge < -0.3 is 24.0 Å². The van der Waals surface area contributed by atoms with Crippen molar-refractivity contribution in [3.05, 3.63) is 59.7 Å². The fourth-order valence-electron chi connectivity index (χ4n) is 5.00. The Kier molecular flexibility index (Phi) is 4.42. The Morgan fingerprint density at radius 1 is 0.733 bits per heavy atom. The number of anilines is 2. The summed E-state index contributed by atoms with van der Waals surface area (Å²) in [7, 11) is 8.20. The molecule has 2 aromatic rings. The van der Waals surface area contributed by atoms with E-state index in [0.717, 1.165) is 11.1 Å². The van der Waals surface area contributed by atoms with E-state index < -0.39 is 11.2 Å². The summed E-state index contributed by atoms with van der Waals surface area (Å²) in [6, 6.07) is 17.1. The summed E-state index contributed by atoms with van der Waals surface area (Å²) in [5, 5.41) is 0. The lowest BCUT2D eigenvalue weighted by atomic mass is 9.93. The SMILES string of the molecule is CN(C)c1ccc([C@@]2(C)O[C@H]3CO[C@@H]4N3[C@H]2O[C@]4(C)c2ccc(N(C)C)cc2)cc1. The molecule has 5 rings (SSSR count). The van der Waals surface area contributed by atoms with Crippen LogP contribution in [-0.4, -0.2) is 58.4 Å². The number of hydrogen-bond acceptors (Lipinski definition) is 6. The molecule has 5 atom stereocenters. The Bertz CT molecular complexity index is 878. The first-order chi connectivity index (χ1) is 14.2. The second-order valence-corrected chi connectivity index (χ2v) is 9.27. The summed E-state index contributed by atoms with van der Waals surface area (Å²) in [6.45, 7) is 4.83. The van der Waals surface area contributed by atoms with Crippen molar-refractivity contribution in [1.29, 1.82) is 0 Å². The van der Waals surface area contributed by atoms with E-state index >= 15 is 0 Å². The standard InChI is InChI=1S/C24H31N3O3/c1-23(16-7-11-18(12-8-16)25(3)4)21-27-20(15-28-21)29-24(2,22(27)30-23)17-9-13-19(14-10-17)26(5)6/h7-14,20-22H,15H2,1-6H3/t20-,21-,22-,23+,24+/m0/s1. The smallest absolute Gasteiger partial charge is 0.149 e. The highest BCUT2D eigenvalue weighted by Gasteiger charge is 2.68. The Hall–Kier alpha value is -2.12. The largest absolute Gasteiger partial charge is 0.378 e. The average molecular weight is 410 g/mol. The van der Waals surface area contributed by atoms with Crippen molar-refractivity contribution >= 4 is 11.4 Å². The molecule has 3 aliphatic rings. The topological polar surface area (TPSA) is 37.4 Å². The minimum absolute atomic E-state index is 0.0959. The molecule has 3 heterocycles. The first-order valence-electron chi connectivity index (χ1n) is 10.5. The van der Waals surface area contributed by atoms with Gasteiger partial charge in [-0.15, -0.1) is 0 Å². The lowest BCUT2D eigenvalue weighted by Gasteiger charge is -2.33. The van der Waals surface area contributed by atoms with Gasteiger partial charge >= 0.3 is 0 Å². The van der Waals surface area contributed by atoms with Crippen molar-refractivity contribution in [2.24, 2.45) is 0 Å². The maximum absolute atomic E-state index is 6.79. The van der Waals surface area contributed by atoms with Crippen LogP contribution in [0.25, 0.3) is 0 Å². The lowest BCUT2D eigenvalue weighted by Crippen LogP contribution is -2.40. The van der Waals surface area contributed by atoms with Crippen molar-refractivity contribution in [1.82, 2.24) is 4.90 Å². The van der Waals surface area contributed by atoms with Crippen molar-refractivity contribution in [3.63, 3.8) is 0 Å². The average Bonchev–Trinajstić information content (AvgIpc) is 3.36. The van der Waals surface area contributed by atoms with Crippen molar-refractivity contribution in [2.75, 3.05) is 44.6 Å². The van der Waals surface area contributed by atoms with E-state index in [1.54, 1.807) is 0 Å². The second-order valence-electron chi connectivity index (χ2n) is 9.27. The molecular weight excluding hydrogens is 378 g/mol.